The van der Waals surface area contributed by atoms with Crippen LogP contribution in [-0.2, 0) is 0 Å². The second-order valence-electron chi connectivity index (χ2n) is 4.51. The highest BCUT2D eigenvalue weighted by Gasteiger charge is 2.00. The third-order valence-corrected chi connectivity index (χ3v) is 3.05. The summed E-state index contributed by atoms with van der Waals surface area (Å²) in [5.41, 5.74) is 2.10. The van der Waals surface area contributed by atoms with Crippen molar-refractivity contribution in [1.29, 1.82) is 0 Å². The quantitative estimate of drug-likeness (QED) is 0.727. The van der Waals surface area contributed by atoms with Gasteiger partial charge in [0.15, 0.2) is 0 Å². The van der Waals surface area contributed by atoms with Gasteiger partial charge in [0.05, 0.1) is 19.4 Å². The minimum absolute atomic E-state index is 0.669. The molecule has 2 rings (SSSR count). The van der Waals surface area contributed by atoms with E-state index in [1.807, 2.05) is 55.5 Å². The molecule has 0 aliphatic heterocycles. The van der Waals surface area contributed by atoms with Crippen molar-refractivity contribution < 1.29 is 9.47 Å². The Labute approximate surface area is 126 Å². The molecule has 112 valence electrons. The third-order valence-electron chi connectivity index (χ3n) is 3.05. The van der Waals surface area contributed by atoms with Crippen LogP contribution in [0.15, 0.2) is 48.5 Å². The van der Waals surface area contributed by atoms with E-state index in [2.05, 4.69) is 10.6 Å². The van der Waals surface area contributed by atoms with Gasteiger partial charge in [0, 0.05) is 18.8 Å². The largest absolute Gasteiger partial charge is 0.497 e. The summed E-state index contributed by atoms with van der Waals surface area (Å²) in [5, 5.41) is 6.74. The predicted molar refractivity (Wildman–Crippen MR) is 87.6 cm³/mol. The van der Waals surface area contributed by atoms with E-state index < -0.39 is 0 Å². The molecule has 21 heavy (non-hydrogen) atoms. The van der Waals surface area contributed by atoms with E-state index in [0.29, 0.717) is 6.61 Å². The second-order valence-corrected chi connectivity index (χ2v) is 4.51. The molecule has 0 radical (unpaired) electrons. The van der Waals surface area contributed by atoms with Crippen molar-refractivity contribution in [1.82, 2.24) is 0 Å². The van der Waals surface area contributed by atoms with Gasteiger partial charge in [-0.05, 0) is 43.3 Å². The maximum atomic E-state index is 5.58. The molecule has 0 bridgehead atoms. The van der Waals surface area contributed by atoms with Crippen LogP contribution in [0.3, 0.4) is 0 Å². The fraction of sp³-hybridized carbons (Fsp3) is 0.294. The van der Waals surface area contributed by atoms with E-state index in [1.54, 1.807) is 7.11 Å². The molecule has 0 amide bonds. The molecular weight excluding hydrogens is 264 g/mol. The van der Waals surface area contributed by atoms with Crippen molar-refractivity contribution in [3.8, 4) is 11.5 Å². The number of hydrogen-bond donors (Lipinski definition) is 2. The van der Waals surface area contributed by atoms with E-state index >= 15 is 0 Å². The lowest BCUT2D eigenvalue weighted by atomic mass is 10.3. The van der Waals surface area contributed by atoms with Gasteiger partial charge >= 0.3 is 0 Å². The minimum Gasteiger partial charge on any atom is -0.497 e. The van der Waals surface area contributed by atoms with Gasteiger partial charge in [0.25, 0.3) is 0 Å². The Morgan fingerprint density at radius 3 is 2.33 bits per heavy atom. The molecule has 2 aromatic carbocycles. The fourth-order valence-electron chi connectivity index (χ4n) is 2.01. The lowest BCUT2D eigenvalue weighted by molar-refractivity contribution is 0.342. The van der Waals surface area contributed by atoms with Crippen molar-refractivity contribution in [2.45, 2.75) is 6.92 Å². The third kappa shape index (κ3) is 4.60. The van der Waals surface area contributed by atoms with Crippen LogP contribution < -0.4 is 20.1 Å². The van der Waals surface area contributed by atoms with Crippen LogP contribution >= 0.6 is 0 Å². The number of para-hydroxylation sites is 2. The van der Waals surface area contributed by atoms with E-state index in [4.69, 9.17) is 9.47 Å². The number of nitrogens with one attached hydrogen (secondary N) is 2. The molecule has 2 aromatic rings. The average Bonchev–Trinajstić information content (AvgIpc) is 2.54. The summed E-state index contributed by atoms with van der Waals surface area (Å²) in [4.78, 5) is 0. The van der Waals surface area contributed by atoms with Gasteiger partial charge in [-0.1, -0.05) is 12.1 Å². The minimum atomic E-state index is 0.669. The Bertz CT molecular complexity index is 541. The lowest BCUT2D eigenvalue weighted by Crippen LogP contribution is -2.14. The van der Waals surface area contributed by atoms with Gasteiger partial charge in [-0.2, -0.15) is 0 Å². The summed E-state index contributed by atoms with van der Waals surface area (Å²) in [6.45, 7) is 4.30. The summed E-state index contributed by atoms with van der Waals surface area (Å²) in [7, 11) is 1.67. The molecule has 4 nitrogen and oxygen atoms in total. The second kappa shape index (κ2) is 8.04. The maximum Gasteiger partial charge on any atom is 0.142 e. The van der Waals surface area contributed by atoms with Crippen molar-refractivity contribution in [2.75, 3.05) is 37.4 Å². The Hall–Kier alpha value is -2.36. The highest BCUT2D eigenvalue weighted by molar-refractivity contribution is 5.56. The first kappa shape index (κ1) is 15.0. The van der Waals surface area contributed by atoms with Gasteiger partial charge < -0.3 is 20.1 Å². The normalized spacial score (nSPS) is 10.0. The Morgan fingerprint density at radius 2 is 1.62 bits per heavy atom. The first-order chi connectivity index (χ1) is 10.3. The van der Waals surface area contributed by atoms with Crippen molar-refractivity contribution in [3.05, 3.63) is 48.5 Å². The van der Waals surface area contributed by atoms with Crippen LogP contribution in [0.5, 0.6) is 11.5 Å². The zero-order valence-electron chi connectivity index (χ0n) is 12.6. The van der Waals surface area contributed by atoms with Crippen LogP contribution in [-0.4, -0.2) is 26.8 Å². The standard InChI is InChI=1S/C17H22N2O2/c1-3-21-17-7-5-4-6-16(17)19-13-12-18-14-8-10-15(20-2)11-9-14/h4-11,18-19H,3,12-13H2,1-2H3. The van der Waals surface area contributed by atoms with E-state index in [1.165, 1.54) is 0 Å². The molecule has 0 saturated heterocycles. The van der Waals surface area contributed by atoms with E-state index in [0.717, 1.165) is 36.0 Å². The Balaban J connectivity index is 1.79. The molecule has 0 heterocycles. The van der Waals surface area contributed by atoms with Crippen LogP contribution in [0.1, 0.15) is 6.92 Å². The van der Waals surface area contributed by atoms with Crippen LogP contribution in [0.4, 0.5) is 11.4 Å². The Morgan fingerprint density at radius 1 is 0.905 bits per heavy atom. The van der Waals surface area contributed by atoms with Crippen LogP contribution in [0.2, 0.25) is 0 Å². The smallest absolute Gasteiger partial charge is 0.142 e. The number of ether oxygens (including phenoxy) is 2. The summed E-state index contributed by atoms with van der Waals surface area (Å²) in [5.74, 6) is 1.76. The molecule has 0 saturated carbocycles. The monoisotopic (exact) mass is 286 g/mol. The van der Waals surface area contributed by atoms with Gasteiger partial charge in [-0.3, -0.25) is 0 Å². The molecule has 0 aliphatic rings. The predicted octanol–water partition coefficient (Wildman–Crippen LogP) is 3.62. The molecule has 4 heteroatoms. The van der Waals surface area contributed by atoms with Gasteiger partial charge in [0.1, 0.15) is 11.5 Å². The summed E-state index contributed by atoms with van der Waals surface area (Å²) in [6.07, 6.45) is 0. The summed E-state index contributed by atoms with van der Waals surface area (Å²) < 4.78 is 10.7. The van der Waals surface area contributed by atoms with Gasteiger partial charge in [-0.25, -0.2) is 0 Å². The zero-order valence-corrected chi connectivity index (χ0v) is 12.6. The summed E-state index contributed by atoms with van der Waals surface area (Å²) >= 11 is 0. The highest BCUT2D eigenvalue weighted by Crippen LogP contribution is 2.23. The number of methoxy groups -OCH3 is 1. The SMILES string of the molecule is CCOc1ccccc1NCCNc1ccc(OC)cc1. The highest BCUT2D eigenvalue weighted by atomic mass is 16.5. The topological polar surface area (TPSA) is 42.5 Å². The first-order valence-corrected chi connectivity index (χ1v) is 7.17. The summed E-state index contributed by atoms with van der Waals surface area (Å²) in [6, 6.07) is 15.9. The maximum absolute atomic E-state index is 5.58. The first-order valence-electron chi connectivity index (χ1n) is 7.17. The molecule has 0 unspecified atom stereocenters. The molecule has 0 spiro atoms. The van der Waals surface area contributed by atoms with Crippen LogP contribution in [0, 0.1) is 0 Å². The average molecular weight is 286 g/mol. The molecule has 0 atom stereocenters. The molecule has 0 aliphatic carbocycles. The molecular formula is C17H22N2O2. The van der Waals surface area contributed by atoms with E-state index in [-0.39, 0.29) is 0 Å². The van der Waals surface area contributed by atoms with E-state index in [9.17, 15) is 0 Å². The molecule has 0 fully saturated rings. The Kier molecular flexibility index (Phi) is 5.76. The lowest BCUT2D eigenvalue weighted by Gasteiger charge is -2.13. The molecule has 2 N–H and O–H groups in total. The number of anilines is 2. The molecule has 0 aromatic heterocycles. The number of rotatable bonds is 8. The number of hydrogen-bond acceptors (Lipinski definition) is 4. The van der Waals surface area contributed by atoms with Crippen molar-refractivity contribution >= 4 is 11.4 Å². The number of benzene rings is 2. The van der Waals surface area contributed by atoms with Crippen molar-refractivity contribution in [2.24, 2.45) is 0 Å². The zero-order chi connectivity index (χ0) is 14.9. The fourth-order valence-corrected chi connectivity index (χ4v) is 2.01. The van der Waals surface area contributed by atoms with Crippen LogP contribution in [0.25, 0.3) is 0 Å². The van der Waals surface area contributed by atoms with Crippen molar-refractivity contribution in [3.63, 3.8) is 0 Å². The van der Waals surface area contributed by atoms with Gasteiger partial charge in [-0.15, -0.1) is 0 Å². The van der Waals surface area contributed by atoms with Gasteiger partial charge in [0.2, 0.25) is 0 Å².